The molecule has 0 atom stereocenters. The minimum absolute atomic E-state index is 0.226. The third kappa shape index (κ3) is 5.09. The molecule has 2 amide bonds. The van der Waals surface area contributed by atoms with E-state index in [0.29, 0.717) is 30.9 Å². The minimum Gasteiger partial charge on any atom is -0.383 e. The van der Waals surface area contributed by atoms with Crippen LogP contribution in [0.2, 0.25) is 0 Å². The fourth-order valence-electron chi connectivity index (χ4n) is 2.00. The van der Waals surface area contributed by atoms with Crippen LogP contribution in [0.15, 0.2) is 48.8 Å². The number of methoxy groups -OCH3 is 1. The normalized spacial score (nSPS) is 9.91. The lowest BCUT2D eigenvalue weighted by Crippen LogP contribution is -2.36. The topological polar surface area (TPSA) is 78.2 Å². The molecule has 1 aromatic heterocycles. The predicted octanol–water partition coefficient (Wildman–Crippen LogP) is 2.63. The van der Waals surface area contributed by atoms with Crippen molar-refractivity contribution < 1.29 is 9.53 Å². The summed E-state index contributed by atoms with van der Waals surface area (Å²) in [6.07, 6.45) is 3.43. The Morgan fingerprint density at radius 3 is 2.74 bits per heavy atom. The number of benzene rings is 1. The Morgan fingerprint density at radius 1 is 1.35 bits per heavy atom. The monoisotopic (exact) mass is 310 g/mol. The molecule has 1 aromatic carbocycles. The molecule has 6 heteroatoms. The van der Waals surface area contributed by atoms with Crippen molar-refractivity contribution >= 4 is 11.7 Å². The van der Waals surface area contributed by atoms with E-state index in [1.54, 1.807) is 48.7 Å². The highest BCUT2D eigenvalue weighted by molar-refractivity contribution is 5.89. The van der Waals surface area contributed by atoms with E-state index in [1.165, 1.54) is 0 Å². The molecule has 0 saturated heterocycles. The zero-order valence-corrected chi connectivity index (χ0v) is 12.9. The summed E-state index contributed by atoms with van der Waals surface area (Å²) in [7, 11) is 1.60. The van der Waals surface area contributed by atoms with Gasteiger partial charge in [-0.2, -0.15) is 5.26 Å². The van der Waals surface area contributed by atoms with E-state index in [0.717, 1.165) is 5.56 Å². The fourth-order valence-corrected chi connectivity index (χ4v) is 2.00. The van der Waals surface area contributed by atoms with Crippen LogP contribution in [0.1, 0.15) is 11.1 Å². The highest BCUT2D eigenvalue weighted by atomic mass is 16.5. The van der Waals surface area contributed by atoms with Crippen molar-refractivity contribution in [3.63, 3.8) is 0 Å². The van der Waals surface area contributed by atoms with Crippen LogP contribution in [0, 0.1) is 11.3 Å². The molecule has 6 nitrogen and oxygen atoms in total. The first kappa shape index (κ1) is 16.5. The van der Waals surface area contributed by atoms with Crippen LogP contribution in [0.25, 0.3) is 0 Å². The summed E-state index contributed by atoms with van der Waals surface area (Å²) >= 11 is 0. The minimum atomic E-state index is -0.226. The second kappa shape index (κ2) is 8.51. The molecule has 118 valence electrons. The quantitative estimate of drug-likeness (QED) is 0.889. The Bertz CT molecular complexity index is 665. The molecule has 2 aromatic rings. The third-order valence-electron chi connectivity index (χ3n) is 3.21. The molecular weight excluding hydrogens is 292 g/mol. The smallest absolute Gasteiger partial charge is 0.322 e. The SMILES string of the molecule is COCCN(Cc1cccnc1)C(=O)Nc1ccc(C#N)cc1. The number of hydrogen-bond acceptors (Lipinski definition) is 4. The number of rotatable bonds is 6. The van der Waals surface area contributed by atoms with Crippen molar-refractivity contribution in [3.8, 4) is 6.07 Å². The molecule has 23 heavy (non-hydrogen) atoms. The van der Waals surface area contributed by atoms with E-state index in [1.807, 2.05) is 18.2 Å². The van der Waals surface area contributed by atoms with E-state index >= 15 is 0 Å². The van der Waals surface area contributed by atoms with Crippen molar-refractivity contribution in [2.45, 2.75) is 6.54 Å². The largest absolute Gasteiger partial charge is 0.383 e. The van der Waals surface area contributed by atoms with Gasteiger partial charge in [0, 0.05) is 38.3 Å². The summed E-state index contributed by atoms with van der Waals surface area (Å²) in [4.78, 5) is 18.2. The van der Waals surface area contributed by atoms with E-state index in [-0.39, 0.29) is 6.03 Å². The zero-order chi connectivity index (χ0) is 16.5. The fraction of sp³-hybridized carbons (Fsp3) is 0.235. The number of ether oxygens (including phenoxy) is 1. The molecule has 0 fully saturated rings. The van der Waals surface area contributed by atoms with E-state index in [2.05, 4.69) is 10.3 Å². The Labute approximate surface area is 135 Å². The van der Waals surface area contributed by atoms with Crippen molar-refractivity contribution in [1.29, 1.82) is 5.26 Å². The Balaban J connectivity index is 2.04. The Morgan fingerprint density at radius 2 is 2.13 bits per heavy atom. The van der Waals surface area contributed by atoms with Crippen molar-refractivity contribution in [2.24, 2.45) is 0 Å². The maximum atomic E-state index is 12.5. The second-order valence-corrected chi connectivity index (χ2v) is 4.89. The standard InChI is InChI=1S/C17H18N4O2/c1-23-10-9-21(13-15-3-2-8-19-12-15)17(22)20-16-6-4-14(11-18)5-7-16/h2-8,12H,9-10,13H2,1H3,(H,20,22). The summed E-state index contributed by atoms with van der Waals surface area (Å²) < 4.78 is 5.07. The van der Waals surface area contributed by atoms with Crippen LogP contribution in [-0.4, -0.2) is 36.2 Å². The number of carbonyl (C=O) groups excluding carboxylic acids is 1. The molecule has 1 heterocycles. The number of amides is 2. The molecule has 0 saturated carbocycles. The molecule has 0 aliphatic heterocycles. The van der Waals surface area contributed by atoms with Gasteiger partial charge in [-0.3, -0.25) is 4.98 Å². The van der Waals surface area contributed by atoms with Crippen LogP contribution >= 0.6 is 0 Å². The van der Waals surface area contributed by atoms with Gasteiger partial charge in [-0.25, -0.2) is 4.79 Å². The van der Waals surface area contributed by atoms with Crippen LogP contribution in [-0.2, 0) is 11.3 Å². The van der Waals surface area contributed by atoms with Crippen LogP contribution in [0.5, 0.6) is 0 Å². The summed E-state index contributed by atoms with van der Waals surface area (Å²) in [5.41, 5.74) is 2.13. The van der Waals surface area contributed by atoms with E-state index in [4.69, 9.17) is 10.00 Å². The molecule has 1 N–H and O–H groups in total. The number of urea groups is 1. The first-order chi connectivity index (χ1) is 11.2. The molecule has 0 aliphatic carbocycles. The number of anilines is 1. The van der Waals surface area contributed by atoms with Gasteiger partial charge in [0.25, 0.3) is 0 Å². The number of hydrogen-bond donors (Lipinski definition) is 1. The summed E-state index contributed by atoms with van der Waals surface area (Å²) in [5, 5.41) is 11.6. The highest BCUT2D eigenvalue weighted by Crippen LogP contribution is 2.11. The van der Waals surface area contributed by atoms with Gasteiger partial charge in [-0.05, 0) is 35.9 Å². The summed E-state index contributed by atoms with van der Waals surface area (Å²) in [6, 6.07) is 12.3. The number of nitrogens with zero attached hydrogens (tertiary/aromatic N) is 3. The number of nitrogens with one attached hydrogen (secondary N) is 1. The Kier molecular flexibility index (Phi) is 6.09. The third-order valence-corrected chi connectivity index (χ3v) is 3.21. The van der Waals surface area contributed by atoms with E-state index in [9.17, 15) is 4.79 Å². The number of pyridine rings is 1. The number of aromatic nitrogens is 1. The molecule has 2 rings (SSSR count). The van der Waals surface area contributed by atoms with Gasteiger partial charge >= 0.3 is 6.03 Å². The van der Waals surface area contributed by atoms with Crippen molar-refractivity contribution in [3.05, 3.63) is 59.9 Å². The summed E-state index contributed by atoms with van der Waals surface area (Å²) in [6.45, 7) is 1.36. The average molecular weight is 310 g/mol. The highest BCUT2D eigenvalue weighted by Gasteiger charge is 2.14. The maximum absolute atomic E-state index is 12.5. The second-order valence-electron chi connectivity index (χ2n) is 4.89. The van der Waals surface area contributed by atoms with Gasteiger partial charge in [0.15, 0.2) is 0 Å². The lowest BCUT2D eigenvalue weighted by Gasteiger charge is -2.22. The first-order valence-corrected chi connectivity index (χ1v) is 7.17. The zero-order valence-electron chi connectivity index (χ0n) is 12.9. The summed E-state index contributed by atoms with van der Waals surface area (Å²) in [5.74, 6) is 0. The lowest BCUT2D eigenvalue weighted by molar-refractivity contribution is 0.153. The molecule has 0 radical (unpaired) electrons. The molecule has 0 bridgehead atoms. The van der Waals surface area contributed by atoms with Crippen LogP contribution in [0.4, 0.5) is 10.5 Å². The van der Waals surface area contributed by atoms with Gasteiger partial charge in [0.2, 0.25) is 0 Å². The predicted molar refractivity (Wildman–Crippen MR) is 86.7 cm³/mol. The van der Waals surface area contributed by atoms with Gasteiger partial charge in [0.05, 0.1) is 18.2 Å². The van der Waals surface area contributed by atoms with Gasteiger partial charge in [0.1, 0.15) is 0 Å². The van der Waals surface area contributed by atoms with Crippen molar-refractivity contribution in [2.75, 3.05) is 25.6 Å². The van der Waals surface area contributed by atoms with E-state index < -0.39 is 0 Å². The van der Waals surface area contributed by atoms with Crippen molar-refractivity contribution in [1.82, 2.24) is 9.88 Å². The Hall–Kier alpha value is -2.91. The molecule has 0 spiro atoms. The lowest BCUT2D eigenvalue weighted by atomic mass is 10.2. The van der Waals surface area contributed by atoms with Crippen LogP contribution < -0.4 is 5.32 Å². The van der Waals surface area contributed by atoms with Gasteiger partial charge in [-0.1, -0.05) is 6.07 Å². The first-order valence-electron chi connectivity index (χ1n) is 7.17. The van der Waals surface area contributed by atoms with Gasteiger partial charge in [-0.15, -0.1) is 0 Å². The molecule has 0 unspecified atom stereocenters. The van der Waals surface area contributed by atoms with Gasteiger partial charge < -0.3 is 15.0 Å². The van der Waals surface area contributed by atoms with Crippen LogP contribution in [0.3, 0.4) is 0 Å². The number of carbonyl (C=O) groups is 1. The maximum Gasteiger partial charge on any atom is 0.322 e. The molecule has 0 aliphatic rings. The number of nitriles is 1. The average Bonchev–Trinajstić information content (AvgIpc) is 2.60. The molecular formula is C17H18N4O2.